The van der Waals surface area contributed by atoms with Gasteiger partial charge in [0.2, 0.25) is 10.0 Å². The first-order chi connectivity index (χ1) is 12.4. The lowest BCUT2D eigenvalue weighted by atomic mass is 10.2. The fourth-order valence-corrected chi connectivity index (χ4v) is 4.11. The minimum Gasteiger partial charge on any atom is -0.379 e. The molecule has 0 atom stereocenters. The molecule has 0 unspecified atom stereocenters. The van der Waals surface area contributed by atoms with E-state index in [9.17, 15) is 22.0 Å². The number of rotatable bonds is 4. The number of carbonyl (C=O) groups is 1. The van der Waals surface area contributed by atoms with E-state index in [1.807, 2.05) is 0 Å². The molecule has 138 valence electrons. The molecule has 1 fully saturated rings. The Morgan fingerprint density at radius 1 is 1.04 bits per heavy atom. The van der Waals surface area contributed by atoms with Crippen molar-refractivity contribution in [3.63, 3.8) is 0 Å². The summed E-state index contributed by atoms with van der Waals surface area (Å²) in [6.07, 6.45) is 0. The van der Waals surface area contributed by atoms with E-state index < -0.39 is 27.6 Å². The molecule has 1 N–H and O–H groups in total. The topological polar surface area (TPSA) is 75.7 Å². The van der Waals surface area contributed by atoms with Crippen molar-refractivity contribution in [2.45, 2.75) is 4.90 Å². The number of amides is 1. The van der Waals surface area contributed by atoms with Gasteiger partial charge in [0, 0.05) is 18.7 Å². The van der Waals surface area contributed by atoms with Gasteiger partial charge in [-0.15, -0.1) is 0 Å². The number of para-hydroxylation sites is 1. The quantitative estimate of drug-likeness (QED) is 0.880. The van der Waals surface area contributed by atoms with Crippen molar-refractivity contribution >= 4 is 21.6 Å². The van der Waals surface area contributed by atoms with Gasteiger partial charge < -0.3 is 10.1 Å². The Labute approximate surface area is 149 Å². The number of halogens is 2. The molecule has 6 nitrogen and oxygen atoms in total. The lowest BCUT2D eigenvalue weighted by molar-refractivity contribution is 0.0730. The van der Waals surface area contributed by atoms with Crippen molar-refractivity contribution in [2.24, 2.45) is 0 Å². The van der Waals surface area contributed by atoms with Crippen LogP contribution >= 0.6 is 0 Å². The van der Waals surface area contributed by atoms with Crippen LogP contribution in [-0.4, -0.2) is 44.9 Å². The maximum Gasteiger partial charge on any atom is 0.255 e. The lowest BCUT2D eigenvalue weighted by Gasteiger charge is -2.26. The minimum atomic E-state index is -3.83. The molecular formula is C17H16F2N2O4S. The molecule has 26 heavy (non-hydrogen) atoms. The van der Waals surface area contributed by atoms with Crippen LogP contribution in [0.15, 0.2) is 47.4 Å². The van der Waals surface area contributed by atoms with Gasteiger partial charge in [0.1, 0.15) is 4.90 Å². The zero-order valence-corrected chi connectivity index (χ0v) is 14.4. The minimum absolute atomic E-state index is 0.0636. The van der Waals surface area contributed by atoms with Crippen molar-refractivity contribution in [1.29, 1.82) is 0 Å². The van der Waals surface area contributed by atoms with Crippen LogP contribution in [0.2, 0.25) is 0 Å². The number of morpholine rings is 1. The van der Waals surface area contributed by atoms with Gasteiger partial charge in [-0.25, -0.2) is 17.2 Å². The number of benzene rings is 2. The number of nitrogens with one attached hydrogen (secondary N) is 1. The predicted molar refractivity (Wildman–Crippen MR) is 90.3 cm³/mol. The van der Waals surface area contributed by atoms with E-state index in [2.05, 4.69) is 5.32 Å². The van der Waals surface area contributed by atoms with Crippen LogP contribution in [0.3, 0.4) is 0 Å². The van der Waals surface area contributed by atoms with Gasteiger partial charge in [-0.05, 0) is 30.3 Å². The number of carbonyl (C=O) groups excluding carboxylic acids is 1. The lowest BCUT2D eigenvalue weighted by Crippen LogP contribution is -2.40. The van der Waals surface area contributed by atoms with Crippen molar-refractivity contribution in [1.82, 2.24) is 4.31 Å². The third-order valence-corrected chi connectivity index (χ3v) is 5.86. The van der Waals surface area contributed by atoms with Gasteiger partial charge in [-0.3, -0.25) is 4.79 Å². The molecule has 1 aliphatic heterocycles. The Hall–Kier alpha value is -2.36. The number of nitrogens with zero attached hydrogens (tertiary/aromatic N) is 1. The molecule has 9 heteroatoms. The molecule has 0 aromatic heterocycles. The predicted octanol–water partition coefficient (Wildman–Crippen LogP) is 2.24. The van der Waals surface area contributed by atoms with Gasteiger partial charge in [-0.1, -0.05) is 12.1 Å². The highest BCUT2D eigenvalue weighted by Crippen LogP contribution is 2.25. The SMILES string of the molecule is O=C(Nc1ccccc1S(=O)(=O)N1CCOCC1)c1ccc(F)c(F)c1. The number of hydrogen-bond donors (Lipinski definition) is 1. The van der Waals surface area contributed by atoms with E-state index in [0.717, 1.165) is 18.2 Å². The van der Waals surface area contributed by atoms with Crippen LogP contribution < -0.4 is 5.32 Å². The molecule has 2 aromatic rings. The summed E-state index contributed by atoms with van der Waals surface area (Å²) in [5, 5.41) is 2.45. The van der Waals surface area contributed by atoms with Gasteiger partial charge in [0.05, 0.1) is 18.9 Å². The smallest absolute Gasteiger partial charge is 0.255 e. The summed E-state index contributed by atoms with van der Waals surface area (Å²) in [5.41, 5.74) is -0.0591. The molecule has 2 aromatic carbocycles. The fourth-order valence-electron chi connectivity index (χ4n) is 2.55. The van der Waals surface area contributed by atoms with E-state index >= 15 is 0 Å². The number of ether oxygens (including phenoxy) is 1. The average molecular weight is 382 g/mol. The van der Waals surface area contributed by atoms with Crippen LogP contribution in [0, 0.1) is 11.6 Å². The second-order valence-corrected chi connectivity index (χ2v) is 7.50. The van der Waals surface area contributed by atoms with Crippen LogP contribution in [-0.2, 0) is 14.8 Å². The van der Waals surface area contributed by atoms with Gasteiger partial charge in [0.25, 0.3) is 5.91 Å². The maximum atomic E-state index is 13.3. The van der Waals surface area contributed by atoms with Crippen LogP contribution in [0.1, 0.15) is 10.4 Å². The first kappa shape index (κ1) is 18.4. The zero-order valence-electron chi connectivity index (χ0n) is 13.6. The van der Waals surface area contributed by atoms with Crippen molar-refractivity contribution in [2.75, 3.05) is 31.6 Å². The Morgan fingerprint density at radius 3 is 2.42 bits per heavy atom. The van der Waals surface area contributed by atoms with E-state index in [1.54, 1.807) is 12.1 Å². The normalized spacial score (nSPS) is 15.6. The first-order valence-electron chi connectivity index (χ1n) is 7.83. The molecular weight excluding hydrogens is 366 g/mol. The monoisotopic (exact) mass is 382 g/mol. The molecule has 0 aliphatic carbocycles. The van der Waals surface area contributed by atoms with E-state index in [1.165, 1.54) is 16.4 Å². The summed E-state index contributed by atoms with van der Waals surface area (Å²) < 4.78 is 58.4. The Kier molecular flexibility index (Phi) is 5.30. The molecule has 0 saturated carbocycles. The first-order valence-corrected chi connectivity index (χ1v) is 9.27. The number of sulfonamides is 1. The van der Waals surface area contributed by atoms with Crippen LogP contribution in [0.4, 0.5) is 14.5 Å². The molecule has 1 saturated heterocycles. The van der Waals surface area contributed by atoms with Gasteiger partial charge >= 0.3 is 0 Å². The summed E-state index contributed by atoms with van der Waals surface area (Å²) in [6.45, 7) is 1.02. The zero-order chi connectivity index (χ0) is 18.7. The summed E-state index contributed by atoms with van der Waals surface area (Å²) >= 11 is 0. The Morgan fingerprint density at radius 2 is 1.73 bits per heavy atom. The Bertz CT molecular complexity index is 928. The van der Waals surface area contributed by atoms with Gasteiger partial charge in [0.15, 0.2) is 11.6 Å². The molecule has 3 rings (SSSR count). The highest BCUT2D eigenvalue weighted by atomic mass is 32.2. The Balaban J connectivity index is 1.89. The largest absolute Gasteiger partial charge is 0.379 e. The number of anilines is 1. The highest BCUT2D eigenvalue weighted by molar-refractivity contribution is 7.89. The van der Waals surface area contributed by atoms with E-state index in [4.69, 9.17) is 4.74 Å². The fraction of sp³-hybridized carbons (Fsp3) is 0.235. The van der Waals surface area contributed by atoms with Crippen LogP contribution in [0.5, 0.6) is 0 Å². The van der Waals surface area contributed by atoms with Crippen molar-refractivity contribution in [3.05, 3.63) is 59.7 Å². The van der Waals surface area contributed by atoms with E-state index in [-0.39, 0.29) is 29.2 Å². The summed E-state index contributed by atoms with van der Waals surface area (Å²) in [6, 6.07) is 8.63. The van der Waals surface area contributed by atoms with E-state index in [0.29, 0.717) is 13.2 Å². The molecule has 1 aliphatic rings. The summed E-state index contributed by atoms with van der Waals surface area (Å²) in [7, 11) is -3.83. The molecule has 0 bridgehead atoms. The third kappa shape index (κ3) is 3.74. The molecule has 0 radical (unpaired) electrons. The molecule has 0 spiro atoms. The third-order valence-electron chi connectivity index (χ3n) is 3.90. The molecule has 1 amide bonds. The molecule has 1 heterocycles. The summed E-state index contributed by atoms with van der Waals surface area (Å²) in [5.74, 6) is -2.97. The number of hydrogen-bond acceptors (Lipinski definition) is 4. The van der Waals surface area contributed by atoms with Crippen LogP contribution in [0.25, 0.3) is 0 Å². The summed E-state index contributed by atoms with van der Waals surface area (Å²) in [4.78, 5) is 12.2. The standard InChI is InChI=1S/C17H16F2N2O4S/c18-13-6-5-12(11-14(13)19)17(22)20-15-3-1-2-4-16(15)26(23,24)21-7-9-25-10-8-21/h1-6,11H,7-10H2,(H,20,22). The second kappa shape index (κ2) is 7.48. The maximum absolute atomic E-state index is 13.3. The average Bonchev–Trinajstić information content (AvgIpc) is 2.65. The highest BCUT2D eigenvalue weighted by Gasteiger charge is 2.29. The van der Waals surface area contributed by atoms with Gasteiger partial charge in [-0.2, -0.15) is 4.31 Å². The second-order valence-electron chi connectivity index (χ2n) is 5.60. The van der Waals surface area contributed by atoms with Crippen molar-refractivity contribution in [3.8, 4) is 0 Å². The van der Waals surface area contributed by atoms with Crippen molar-refractivity contribution < 1.29 is 26.7 Å².